The molecule has 0 aliphatic rings. The Balaban J connectivity index is 1.95. The number of hydrogen-bond donors (Lipinski definition) is 1. The molecule has 0 aliphatic carbocycles. The minimum absolute atomic E-state index is 0.788. The first-order valence-electron chi connectivity index (χ1n) is 5.67. The molecular formula is C15H13Br2N. The van der Waals surface area contributed by atoms with Gasteiger partial charge in [-0.05, 0) is 49.6 Å². The summed E-state index contributed by atoms with van der Waals surface area (Å²) in [7, 11) is 0. The number of hydrogen-bond acceptors (Lipinski definition) is 1. The largest absolute Gasteiger partial charge is 0.380 e. The molecular weight excluding hydrogens is 354 g/mol. The van der Waals surface area contributed by atoms with Crippen LogP contribution in [0.2, 0.25) is 0 Å². The summed E-state index contributed by atoms with van der Waals surface area (Å²) in [5, 5.41) is 3.37. The second-order valence-electron chi connectivity index (χ2n) is 3.79. The molecule has 0 spiro atoms. The topological polar surface area (TPSA) is 12.0 Å². The third-order valence-corrected chi connectivity index (χ3v) is 3.79. The van der Waals surface area contributed by atoms with Gasteiger partial charge in [-0.1, -0.05) is 48.6 Å². The van der Waals surface area contributed by atoms with Gasteiger partial charge in [0.1, 0.15) is 0 Å². The minimum Gasteiger partial charge on any atom is -0.380 e. The first kappa shape index (κ1) is 13.4. The van der Waals surface area contributed by atoms with Gasteiger partial charge in [0.25, 0.3) is 0 Å². The Morgan fingerprint density at radius 1 is 0.889 bits per heavy atom. The lowest BCUT2D eigenvalue weighted by atomic mass is 10.2. The fourth-order valence-corrected chi connectivity index (χ4v) is 2.87. The van der Waals surface area contributed by atoms with Crippen LogP contribution in [0.5, 0.6) is 0 Å². The molecule has 18 heavy (non-hydrogen) atoms. The average molecular weight is 367 g/mol. The predicted molar refractivity (Wildman–Crippen MR) is 85.8 cm³/mol. The summed E-state index contributed by atoms with van der Waals surface area (Å²) in [6.45, 7) is 0.788. The van der Waals surface area contributed by atoms with Gasteiger partial charge in [-0.3, -0.25) is 0 Å². The Bertz CT molecular complexity index is 515. The molecule has 0 saturated heterocycles. The molecule has 2 aromatic carbocycles. The summed E-state index contributed by atoms with van der Waals surface area (Å²) in [4.78, 5) is 0. The van der Waals surface area contributed by atoms with Gasteiger partial charge in [0.05, 0.1) is 5.69 Å². The van der Waals surface area contributed by atoms with E-state index in [1.165, 1.54) is 5.56 Å². The van der Waals surface area contributed by atoms with E-state index in [2.05, 4.69) is 61.5 Å². The molecule has 92 valence electrons. The zero-order valence-corrected chi connectivity index (χ0v) is 12.9. The third kappa shape index (κ3) is 3.72. The molecule has 0 atom stereocenters. The van der Waals surface area contributed by atoms with Crippen molar-refractivity contribution < 1.29 is 0 Å². The van der Waals surface area contributed by atoms with Crippen LogP contribution >= 0.6 is 31.9 Å². The van der Waals surface area contributed by atoms with E-state index < -0.39 is 0 Å². The Kier molecular flexibility index (Phi) is 5.02. The zero-order valence-electron chi connectivity index (χ0n) is 9.74. The minimum atomic E-state index is 0.788. The van der Waals surface area contributed by atoms with E-state index in [9.17, 15) is 0 Å². The number of anilines is 1. The first-order valence-corrected chi connectivity index (χ1v) is 7.25. The fraction of sp³-hybridized carbons (Fsp3) is 0.0667. The highest BCUT2D eigenvalue weighted by atomic mass is 79.9. The maximum Gasteiger partial charge on any atom is 0.0631 e. The number of benzene rings is 2. The summed E-state index contributed by atoms with van der Waals surface area (Å²) in [5.41, 5.74) is 2.29. The lowest BCUT2D eigenvalue weighted by molar-refractivity contribution is 1.32. The zero-order chi connectivity index (χ0) is 12.8. The highest BCUT2D eigenvalue weighted by molar-refractivity contribution is 9.11. The second kappa shape index (κ2) is 6.76. The maximum absolute atomic E-state index is 3.53. The van der Waals surface area contributed by atoms with Gasteiger partial charge in [-0.15, -0.1) is 0 Å². The quantitative estimate of drug-likeness (QED) is 0.770. The summed E-state index contributed by atoms with van der Waals surface area (Å²) in [6, 6.07) is 16.3. The number of halogens is 2. The average Bonchev–Trinajstić information content (AvgIpc) is 2.38. The summed E-state index contributed by atoms with van der Waals surface area (Å²) in [6.07, 6.45) is 4.22. The SMILES string of the molecule is Brc1cccc(Br)c1NC/C=C/c1ccccc1. The fourth-order valence-electron chi connectivity index (χ4n) is 1.59. The van der Waals surface area contributed by atoms with Gasteiger partial charge in [0.2, 0.25) is 0 Å². The van der Waals surface area contributed by atoms with Crippen LogP contribution in [-0.2, 0) is 0 Å². The van der Waals surface area contributed by atoms with Crippen molar-refractivity contribution in [1.82, 2.24) is 0 Å². The molecule has 3 heteroatoms. The maximum atomic E-state index is 3.53. The van der Waals surface area contributed by atoms with Crippen LogP contribution in [0.1, 0.15) is 5.56 Å². The summed E-state index contributed by atoms with van der Waals surface area (Å²) < 4.78 is 2.12. The second-order valence-corrected chi connectivity index (χ2v) is 5.50. The highest BCUT2D eigenvalue weighted by Gasteiger charge is 2.01. The first-order chi connectivity index (χ1) is 8.77. The summed E-state index contributed by atoms with van der Waals surface area (Å²) in [5.74, 6) is 0. The van der Waals surface area contributed by atoms with E-state index in [0.717, 1.165) is 21.2 Å². The molecule has 0 saturated carbocycles. The molecule has 0 bridgehead atoms. The number of nitrogens with one attached hydrogen (secondary N) is 1. The lowest BCUT2D eigenvalue weighted by Crippen LogP contribution is -1.99. The van der Waals surface area contributed by atoms with E-state index in [1.807, 2.05) is 36.4 Å². The van der Waals surface area contributed by atoms with Crippen LogP contribution < -0.4 is 5.32 Å². The van der Waals surface area contributed by atoms with Crippen molar-refractivity contribution in [2.24, 2.45) is 0 Å². The standard InChI is InChI=1S/C15H13Br2N/c16-13-9-4-10-14(17)15(13)18-11-5-8-12-6-2-1-3-7-12/h1-10,18H,11H2/b8-5+. The monoisotopic (exact) mass is 365 g/mol. The van der Waals surface area contributed by atoms with E-state index >= 15 is 0 Å². The van der Waals surface area contributed by atoms with Crippen LogP contribution in [0.3, 0.4) is 0 Å². The number of rotatable bonds is 4. The van der Waals surface area contributed by atoms with Crippen molar-refractivity contribution in [2.75, 3.05) is 11.9 Å². The Labute approximate surface area is 124 Å². The molecule has 0 unspecified atom stereocenters. The molecule has 1 N–H and O–H groups in total. The van der Waals surface area contributed by atoms with Gasteiger partial charge >= 0.3 is 0 Å². The number of para-hydroxylation sites is 1. The van der Waals surface area contributed by atoms with Gasteiger partial charge in [0, 0.05) is 15.5 Å². The molecule has 0 radical (unpaired) electrons. The van der Waals surface area contributed by atoms with E-state index in [1.54, 1.807) is 0 Å². The van der Waals surface area contributed by atoms with Gasteiger partial charge in [-0.2, -0.15) is 0 Å². The van der Waals surface area contributed by atoms with Crippen molar-refractivity contribution in [1.29, 1.82) is 0 Å². The van der Waals surface area contributed by atoms with Gasteiger partial charge < -0.3 is 5.32 Å². The smallest absolute Gasteiger partial charge is 0.0631 e. The Morgan fingerprint density at radius 3 is 2.22 bits per heavy atom. The molecule has 1 nitrogen and oxygen atoms in total. The van der Waals surface area contributed by atoms with Gasteiger partial charge in [-0.25, -0.2) is 0 Å². The predicted octanol–water partition coefficient (Wildman–Crippen LogP) is 5.34. The Morgan fingerprint density at radius 2 is 1.56 bits per heavy atom. The van der Waals surface area contributed by atoms with Crippen molar-refractivity contribution >= 4 is 43.6 Å². The van der Waals surface area contributed by atoms with Crippen LogP contribution in [-0.4, -0.2) is 6.54 Å². The Hall–Kier alpha value is -1.06. The van der Waals surface area contributed by atoms with Crippen LogP contribution in [0.15, 0.2) is 63.6 Å². The molecule has 2 rings (SSSR count). The van der Waals surface area contributed by atoms with Crippen molar-refractivity contribution in [3.63, 3.8) is 0 Å². The van der Waals surface area contributed by atoms with E-state index in [4.69, 9.17) is 0 Å². The van der Waals surface area contributed by atoms with Crippen molar-refractivity contribution in [3.05, 3.63) is 69.1 Å². The summed E-state index contributed by atoms with van der Waals surface area (Å²) >= 11 is 7.06. The van der Waals surface area contributed by atoms with Crippen molar-refractivity contribution in [3.8, 4) is 0 Å². The third-order valence-electron chi connectivity index (χ3n) is 2.47. The van der Waals surface area contributed by atoms with Crippen LogP contribution in [0, 0.1) is 0 Å². The van der Waals surface area contributed by atoms with E-state index in [0.29, 0.717) is 0 Å². The van der Waals surface area contributed by atoms with E-state index in [-0.39, 0.29) is 0 Å². The molecule has 0 heterocycles. The molecule has 2 aromatic rings. The molecule has 0 aromatic heterocycles. The van der Waals surface area contributed by atoms with Crippen molar-refractivity contribution in [2.45, 2.75) is 0 Å². The highest BCUT2D eigenvalue weighted by Crippen LogP contribution is 2.30. The van der Waals surface area contributed by atoms with Crippen LogP contribution in [0.4, 0.5) is 5.69 Å². The molecule has 0 fully saturated rings. The lowest BCUT2D eigenvalue weighted by Gasteiger charge is -2.08. The van der Waals surface area contributed by atoms with Gasteiger partial charge in [0.15, 0.2) is 0 Å². The molecule has 0 aliphatic heterocycles. The normalized spacial score (nSPS) is 10.8. The molecule has 0 amide bonds. The van der Waals surface area contributed by atoms with Crippen LogP contribution in [0.25, 0.3) is 6.08 Å².